The number of ether oxygens (including phenoxy) is 1. The largest absolute Gasteiger partial charge is 0.494 e. The fourth-order valence-corrected chi connectivity index (χ4v) is 4.06. The molecule has 0 aliphatic heterocycles. The van der Waals surface area contributed by atoms with Crippen LogP contribution in [0.4, 0.5) is 11.4 Å². The van der Waals surface area contributed by atoms with E-state index in [9.17, 15) is 9.59 Å². The molecule has 0 fully saturated rings. The number of carbonyl (C=O) groups is 2. The molecule has 4 aromatic rings. The first-order valence-corrected chi connectivity index (χ1v) is 11.9. The summed E-state index contributed by atoms with van der Waals surface area (Å²) in [5.41, 5.74) is 3.01. The van der Waals surface area contributed by atoms with Crippen LogP contribution in [0, 0.1) is 0 Å². The van der Waals surface area contributed by atoms with Crippen LogP contribution in [0.25, 0.3) is 17.1 Å². The minimum Gasteiger partial charge on any atom is -0.494 e. The van der Waals surface area contributed by atoms with Gasteiger partial charge in [0.1, 0.15) is 5.75 Å². The fraction of sp³-hybridized carbons (Fsp3) is 0.160. The molecule has 2 N–H and O–H groups in total. The molecule has 4 rings (SSSR count). The number of amides is 2. The normalized spacial score (nSPS) is 10.6. The van der Waals surface area contributed by atoms with Gasteiger partial charge >= 0.3 is 0 Å². The van der Waals surface area contributed by atoms with Gasteiger partial charge in [-0.1, -0.05) is 11.8 Å². The number of nitrogens with one attached hydrogen (secondary N) is 2. The zero-order valence-corrected chi connectivity index (χ0v) is 20.1. The van der Waals surface area contributed by atoms with Gasteiger partial charge in [-0.2, -0.15) is 0 Å². The Hall–Kier alpha value is -4.18. The minimum absolute atomic E-state index is 0.138. The lowest BCUT2D eigenvalue weighted by Gasteiger charge is -2.11. The van der Waals surface area contributed by atoms with E-state index >= 15 is 0 Å². The Balaban J connectivity index is 1.51. The van der Waals surface area contributed by atoms with Gasteiger partial charge in [-0.25, -0.2) is 0 Å². The first kappa shape index (κ1) is 24.0. The van der Waals surface area contributed by atoms with Crippen LogP contribution in [-0.2, 0) is 9.59 Å². The van der Waals surface area contributed by atoms with Crippen molar-refractivity contribution in [1.29, 1.82) is 0 Å². The van der Waals surface area contributed by atoms with Gasteiger partial charge in [0.25, 0.3) is 0 Å². The summed E-state index contributed by atoms with van der Waals surface area (Å²) in [7, 11) is 0. The number of rotatable bonds is 9. The van der Waals surface area contributed by atoms with Crippen molar-refractivity contribution in [3.63, 3.8) is 0 Å². The van der Waals surface area contributed by atoms with Gasteiger partial charge in [-0.15, -0.1) is 10.2 Å². The predicted octanol–water partition coefficient (Wildman–Crippen LogP) is 4.42. The first-order valence-electron chi connectivity index (χ1n) is 10.9. The van der Waals surface area contributed by atoms with E-state index < -0.39 is 0 Å². The summed E-state index contributed by atoms with van der Waals surface area (Å²) in [6.45, 7) is 3.96. The van der Waals surface area contributed by atoms with E-state index in [1.54, 1.807) is 36.7 Å². The van der Waals surface area contributed by atoms with Gasteiger partial charge < -0.3 is 15.4 Å². The van der Waals surface area contributed by atoms with E-state index in [2.05, 4.69) is 25.8 Å². The minimum atomic E-state index is -0.186. The average molecular weight is 489 g/mol. The van der Waals surface area contributed by atoms with E-state index in [-0.39, 0.29) is 17.6 Å². The van der Waals surface area contributed by atoms with Crippen LogP contribution < -0.4 is 15.4 Å². The molecule has 0 atom stereocenters. The number of carbonyl (C=O) groups excluding carboxylic acids is 2. The highest BCUT2D eigenvalue weighted by atomic mass is 32.2. The molecular weight excluding hydrogens is 464 g/mol. The number of benzene rings is 2. The lowest BCUT2D eigenvalue weighted by atomic mass is 10.2. The summed E-state index contributed by atoms with van der Waals surface area (Å²) in [6, 6.07) is 18.3. The summed E-state index contributed by atoms with van der Waals surface area (Å²) >= 11 is 1.28. The second-order valence-corrected chi connectivity index (χ2v) is 8.34. The summed E-state index contributed by atoms with van der Waals surface area (Å²) < 4.78 is 7.47. The Labute approximate surface area is 206 Å². The Morgan fingerprint density at radius 1 is 0.914 bits per heavy atom. The van der Waals surface area contributed by atoms with Gasteiger partial charge in [0.2, 0.25) is 11.8 Å². The highest BCUT2D eigenvalue weighted by molar-refractivity contribution is 7.99. The van der Waals surface area contributed by atoms with E-state index in [0.717, 1.165) is 17.0 Å². The molecule has 2 aromatic carbocycles. The maximum atomic E-state index is 12.6. The molecule has 0 saturated heterocycles. The van der Waals surface area contributed by atoms with Crippen LogP contribution in [0.2, 0.25) is 0 Å². The topological polar surface area (TPSA) is 111 Å². The second kappa shape index (κ2) is 11.3. The van der Waals surface area contributed by atoms with E-state index in [4.69, 9.17) is 4.74 Å². The fourth-order valence-electron chi connectivity index (χ4n) is 3.31. The van der Waals surface area contributed by atoms with Crippen LogP contribution >= 0.6 is 11.8 Å². The maximum Gasteiger partial charge on any atom is 0.234 e. The Morgan fingerprint density at radius 3 is 2.20 bits per heavy atom. The standard InChI is InChI=1S/C25H24N6O3S/c1-3-34-22-10-8-21(9-11-22)31-24(18-12-14-26-15-13-18)29-30-25(31)35-16-23(33)28-20-6-4-19(5-7-20)27-17(2)32/h4-15H,3,16H2,1-2H3,(H,27,32)(H,28,33). The van der Waals surface area contributed by atoms with Crippen molar-refractivity contribution in [2.45, 2.75) is 19.0 Å². The molecule has 2 heterocycles. The van der Waals surface area contributed by atoms with E-state index in [0.29, 0.717) is 29.0 Å². The number of anilines is 2. The number of nitrogens with zero attached hydrogens (tertiary/aromatic N) is 4. The molecule has 0 unspecified atom stereocenters. The van der Waals surface area contributed by atoms with Crippen LogP contribution in [0.5, 0.6) is 5.75 Å². The lowest BCUT2D eigenvalue weighted by Crippen LogP contribution is -2.14. The average Bonchev–Trinajstić information content (AvgIpc) is 3.29. The van der Waals surface area contributed by atoms with Crippen molar-refractivity contribution in [2.24, 2.45) is 0 Å². The summed E-state index contributed by atoms with van der Waals surface area (Å²) in [5, 5.41) is 14.9. The molecular formula is C25H24N6O3S. The number of aromatic nitrogens is 4. The van der Waals surface area contributed by atoms with Gasteiger partial charge in [-0.05, 0) is 67.6 Å². The van der Waals surface area contributed by atoms with Crippen molar-refractivity contribution in [3.8, 4) is 22.8 Å². The molecule has 0 aliphatic carbocycles. The molecule has 2 aromatic heterocycles. The van der Waals surface area contributed by atoms with Gasteiger partial charge in [0.05, 0.1) is 12.4 Å². The molecule has 10 heteroatoms. The summed E-state index contributed by atoms with van der Waals surface area (Å²) in [6.07, 6.45) is 3.40. The molecule has 0 radical (unpaired) electrons. The quantitative estimate of drug-likeness (QED) is 0.336. The highest BCUT2D eigenvalue weighted by Crippen LogP contribution is 2.29. The van der Waals surface area contributed by atoms with Crippen LogP contribution in [0.1, 0.15) is 13.8 Å². The molecule has 35 heavy (non-hydrogen) atoms. The molecule has 9 nitrogen and oxygen atoms in total. The van der Waals surface area contributed by atoms with Crippen LogP contribution in [0.3, 0.4) is 0 Å². The van der Waals surface area contributed by atoms with E-state index in [1.807, 2.05) is 47.9 Å². The van der Waals surface area contributed by atoms with E-state index in [1.165, 1.54) is 18.7 Å². The Morgan fingerprint density at radius 2 is 1.57 bits per heavy atom. The predicted molar refractivity (Wildman–Crippen MR) is 136 cm³/mol. The van der Waals surface area contributed by atoms with Crippen molar-refractivity contribution >= 4 is 35.0 Å². The maximum absolute atomic E-state index is 12.6. The van der Waals surface area contributed by atoms with Crippen LogP contribution in [-0.4, -0.2) is 43.9 Å². The number of hydrogen-bond acceptors (Lipinski definition) is 7. The SMILES string of the molecule is CCOc1ccc(-n2c(SCC(=O)Nc3ccc(NC(C)=O)cc3)nnc2-c2ccncc2)cc1. The van der Waals surface area contributed by atoms with Gasteiger partial charge in [0.15, 0.2) is 11.0 Å². The third kappa shape index (κ3) is 6.24. The molecule has 2 amide bonds. The smallest absolute Gasteiger partial charge is 0.234 e. The zero-order valence-electron chi connectivity index (χ0n) is 19.3. The highest BCUT2D eigenvalue weighted by Gasteiger charge is 2.17. The molecule has 0 spiro atoms. The number of hydrogen-bond donors (Lipinski definition) is 2. The third-order valence-corrected chi connectivity index (χ3v) is 5.73. The van der Waals surface area contributed by atoms with Gasteiger partial charge in [-0.3, -0.25) is 19.1 Å². The van der Waals surface area contributed by atoms with Crippen molar-refractivity contribution in [2.75, 3.05) is 23.0 Å². The first-order chi connectivity index (χ1) is 17.0. The summed E-state index contributed by atoms with van der Waals surface area (Å²) in [4.78, 5) is 27.8. The van der Waals surface area contributed by atoms with Crippen molar-refractivity contribution in [1.82, 2.24) is 19.7 Å². The monoisotopic (exact) mass is 488 g/mol. The lowest BCUT2D eigenvalue weighted by molar-refractivity contribution is -0.114. The Bertz CT molecular complexity index is 1290. The molecule has 178 valence electrons. The molecule has 0 saturated carbocycles. The number of pyridine rings is 1. The molecule has 0 bridgehead atoms. The molecule has 0 aliphatic rings. The van der Waals surface area contributed by atoms with Crippen molar-refractivity contribution in [3.05, 3.63) is 73.1 Å². The third-order valence-electron chi connectivity index (χ3n) is 4.80. The number of thioether (sulfide) groups is 1. The zero-order chi connectivity index (χ0) is 24.6. The second-order valence-electron chi connectivity index (χ2n) is 7.40. The Kier molecular flexibility index (Phi) is 7.74. The summed E-state index contributed by atoms with van der Waals surface area (Å²) in [5.74, 6) is 1.22. The van der Waals surface area contributed by atoms with Crippen LogP contribution in [0.15, 0.2) is 78.2 Å². The van der Waals surface area contributed by atoms with Gasteiger partial charge in [0, 0.05) is 41.9 Å². The van der Waals surface area contributed by atoms with Crippen molar-refractivity contribution < 1.29 is 14.3 Å².